The van der Waals surface area contributed by atoms with Gasteiger partial charge in [0.2, 0.25) is 0 Å². The first kappa shape index (κ1) is 10.6. The molecule has 0 spiro atoms. The van der Waals surface area contributed by atoms with Gasteiger partial charge >= 0.3 is 0 Å². The van der Waals surface area contributed by atoms with Crippen LogP contribution in [0.25, 0.3) is 0 Å². The van der Waals surface area contributed by atoms with E-state index in [9.17, 15) is 0 Å². The summed E-state index contributed by atoms with van der Waals surface area (Å²) >= 11 is 0. The summed E-state index contributed by atoms with van der Waals surface area (Å²) in [6.45, 7) is 3.49. The first-order chi connectivity index (χ1) is 5.31. The van der Waals surface area contributed by atoms with Crippen molar-refractivity contribution in [3.8, 4) is 0 Å². The van der Waals surface area contributed by atoms with Crippen LogP contribution in [-0.4, -0.2) is 38.0 Å². The zero-order chi connectivity index (χ0) is 8.53. The molecule has 0 aromatic carbocycles. The van der Waals surface area contributed by atoms with Crippen LogP contribution in [0.5, 0.6) is 0 Å². The molecule has 0 aromatic heterocycles. The lowest BCUT2D eigenvalue weighted by molar-refractivity contribution is 0.0505. The van der Waals surface area contributed by atoms with Gasteiger partial charge < -0.3 is 15.2 Å². The maximum absolute atomic E-state index is 9.14. The Balaban J connectivity index is 3.10. The van der Waals surface area contributed by atoms with Gasteiger partial charge in [-0.2, -0.15) is 0 Å². The number of aliphatic hydroxyl groups is 1. The third kappa shape index (κ3) is 7.52. The molecule has 0 aliphatic heterocycles. The van der Waals surface area contributed by atoms with Gasteiger partial charge in [-0.15, -0.1) is 0 Å². The average Bonchev–Trinajstić information content (AvgIpc) is 1.99. The lowest BCUT2D eigenvalue weighted by atomic mass is 10.4. The summed E-state index contributed by atoms with van der Waals surface area (Å²) in [6, 6.07) is 0. The summed E-state index contributed by atoms with van der Waals surface area (Å²) in [5, 5.41) is 12.0. The van der Waals surface area contributed by atoms with Crippen LogP contribution in [0.1, 0.15) is 6.92 Å². The van der Waals surface area contributed by atoms with E-state index in [1.165, 1.54) is 0 Å². The molecule has 1 atom stereocenters. The van der Waals surface area contributed by atoms with Gasteiger partial charge in [0.25, 0.3) is 0 Å². The van der Waals surface area contributed by atoms with E-state index in [2.05, 4.69) is 5.32 Å². The van der Waals surface area contributed by atoms with Crippen LogP contribution in [0.4, 0.5) is 0 Å². The number of nitrogens with one attached hydrogen (secondary N) is 1. The molecule has 0 radical (unpaired) electrons. The third-order valence-corrected chi connectivity index (χ3v) is 1.20. The van der Waals surface area contributed by atoms with Crippen molar-refractivity contribution >= 4 is 0 Å². The summed E-state index contributed by atoms with van der Waals surface area (Å²) < 4.78 is 5.11. The van der Waals surface area contributed by atoms with E-state index < -0.39 is 6.10 Å². The zero-order valence-electron chi connectivity index (χ0n) is 7.21. The topological polar surface area (TPSA) is 41.5 Å². The fourth-order valence-corrected chi connectivity index (χ4v) is 0.663. The standard InChI is InChI=1S/C8H17NO2/c1-3-4-5-11-7-8(10)6-9-2/h3-4,8-10H,5-7H2,1-2H3. The van der Waals surface area contributed by atoms with Crippen LogP contribution >= 0.6 is 0 Å². The van der Waals surface area contributed by atoms with Crippen molar-refractivity contribution in [2.75, 3.05) is 26.8 Å². The van der Waals surface area contributed by atoms with E-state index in [1.54, 1.807) is 7.05 Å². The number of ether oxygens (including phenoxy) is 1. The summed E-state index contributed by atoms with van der Waals surface area (Å²) in [5.41, 5.74) is 0. The van der Waals surface area contributed by atoms with Crippen LogP contribution in [0.3, 0.4) is 0 Å². The molecule has 0 saturated heterocycles. The molecule has 1 unspecified atom stereocenters. The fraction of sp³-hybridized carbons (Fsp3) is 0.750. The number of hydrogen-bond donors (Lipinski definition) is 2. The van der Waals surface area contributed by atoms with Crippen LogP contribution in [0.2, 0.25) is 0 Å². The molecular formula is C8H17NO2. The summed E-state index contributed by atoms with van der Waals surface area (Å²) in [5.74, 6) is 0. The minimum absolute atomic E-state index is 0.394. The second kappa shape index (κ2) is 7.72. The van der Waals surface area contributed by atoms with Gasteiger partial charge in [-0.3, -0.25) is 0 Å². The Kier molecular flexibility index (Phi) is 7.46. The fourth-order valence-electron chi connectivity index (χ4n) is 0.663. The van der Waals surface area contributed by atoms with Gasteiger partial charge in [-0.1, -0.05) is 12.2 Å². The predicted octanol–water partition coefficient (Wildman–Crippen LogP) is 0.159. The quantitative estimate of drug-likeness (QED) is 0.428. The molecule has 0 heterocycles. The number of allylic oxidation sites excluding steroid dienone is 1. The highest BCUT2D eigenvalue weighted by molar-refractivity contribution is 4.76. The minimum atomic E-state index is -0.398. The van der Waals surface area contributed by atoms with E-state index in [0.717, 1.165) is 0 Å². The van der Waals surface area contributed by atoms with Gasteiger partial charge in [0.1, 0.15) is 0 Å². The van der Waals surface area contributed by atoms with Crippen molar-refractivity contribution < 1.29 is 9.84 Å². The zero-order valence-corrected chi connectivity index (χ0v) is 7.21. The Labute approximate surface area is 68.1 Å². The molecule has 66 valence electrons. The highest BCUT2D eigenvalue weighted by atomic mass is 16.5. The van der Waals surface area contributed by atoms with Crippen molar-refractivity contribution in [2.45, 2.75) is 13.0 Å². The molecule has 0 aromatic rings. The monoisotopic (exact) mass is 159 g/mol. The van der Waals surface area contributed by atoms with E-state index in [0.29, 0.717) is 19.8 Å². The van der Waals surface area contributed by atoms with Crippen molar-refractivity contribution in [1.29, 1.82) is 0 Å². The highest BCUT2D eigenvalue weighted by Gasteiger charge is 1.99. The first-order valence-electron chi connectivity index (χ1n) is 3.82. The van der Waals surface area contributed by atoms with Gasteiger partial charge in [0.05, 0.1) is 19.3 Å². The molecule has 0 saturated carbocycles. The SMILES string of the molecule is CC=CCOCC(O)CNC. The molecular weight excluding hydrogens is 142 g/mol. The molecule has 0 bridgehead atoms. The lowest BCUT2D eigenvalue weighted by Gasteiger charge is -2.08. The van der Waals surface area contributed by atoms with Gasteiger partial charge in [0.15, 0.2) is 0 Å². The van der Waals surface area contributed by atoms with Crippen LogP contribution in [-0.2, 0) is 4.74 Å². The first-order valence-corrected chi connectivity index (χ1v) is 3.82. The Morgan fingerprint density at radius 2 is 2.36 bits per heavy atom. The van der Waals surface area contributed by atoms with Crippen molar-refractivity contribution in [2.24, 2.45) is 0 Å². The molecule has 11 heavy (non-hydrogen) atoms. The average molecular weight is 159 g/mol. The summed E-state index contributed by atoms with van der Waals surface area (Å²) in [7, 11) is 1.80. The largest absolute Gasteiger partial charge is 0.389 e. The third-order valence-electron chi connectivity index (χ3n) is 1.20. The smallest absolute Gasteiger partial charge is 0.0897 e. The number of rotatable bonds is 6. The Morgan fingerprint density at radius 1 is 1.64 bits per heavy atom. The maximum atomic E-state index is 9.14. The number of aliphatic hydroxyl groups excluding tert-OH is 1. The van der Waals surface area contributed by atoms with E-state index >= 15 is 0 Å². The Hall–Kier alpha value is -0.380. The van der Waals surface area contributed by atoms with E-state index in [-0.39, 0.29) is 0 Å². The molecule has 3 heteroatoms. The van der Waals surface area contributed by atoms with Gasteiger partial charge in [0, 0.05) is 6.54 Å². The molecule has 0 fully saturated rings. The summed E-state index contributed by atoms with van der Waals surface area (Å²) in [4.78, 5) is 0. The highest BCUT2D eigenvalue weighted by Crippen LogP contribution is 1.83. The number of likely N-dealkylation sites (N-methyl/N-ethyl adjacent to an activating group) is 1. The van der Waals surface area contributed by atoms with Gasteiger partial charge in [-0.05, 0) is 14.0 Å². The van der Waals surface area contributed by atoms with Gasteiger partial charge in [-0.25, -0.2) is 0 Å². The lowest BCUT2D eigenvalue weighted by Crippen LogP contribution is -2.27. The van der Waals surface area contributed by atoms with Crippen LogP contribution in [0, 0.1) is 0 Å². The molecule has 0 rings (SSSR count). The van der Waals surface area contributed by atoms with E-state index in [1.807, 2.05) is 19.1 Å². The Morgan fingerprint density at radius 3 is 2.91 bits per heavy atom. The molecule has 0 amide bonds. The minimum Gasteiger partial charge on any atom is -0.389 e. The molecule has 0 aliphatic carbocycles. The molecule has 2 N–H and O–H groups in total. The predicted molar refractivity (Wildman–Crippen MR) is 45.6 cm³/mol. The van der Waals surface area contributed by atoms with Crippen LogP contribution < -0.4 is 5.32 Å². The van der Waals surface area contributed by atoms with Crippen molar-refractivity contribution in [3.05, 3.63) is 12.2 Å². The van der Waals surface area contributed by atoms with E-state index in [4.69, 9.17) is 9.84 Å². The van der Waals surface area contributed by atoms with Crippen molar-refractivity contribution in [1.82, 2.24) is 5.32 Å². The van der Waals surface area contributed by atoms with Crippen LogP contribution in [0.15, 0.2) is 12.2 Å². The molecule has 0 aliphatic rings. The molecule has 3 nitrogen and oxygen atoms in total. The summed E-state index contributed by atoms with van der Waals surface area (Å²) in [6.07, 6.45) is 3.43. The second-order valence-corrected chi connectivity index (χ2v) is 2.32. The van der Waals surface area contributed by atoms with Crippen molar-refractivity contribution in [3.63, 3.8) is 0 Å². The normalized spacial score (nSPS) is 14.1. The maximum Gasteiger partial charge on any atom is 0.0897 e. The second-order valence-electron chi connectivity index (χ2n) is 2.32. The Bertz CT molecular complexity index is 104. The number of hydrogen-bond acceptors (Lipinski definition) is 3.